The summed E-state index contributed by atoms with van der Waals surface area (Å²) >= 11 is 9.02. The Kier molecular flexibility index (Phi) is 6.17. The molecule has 9 heteroatoms. The number of amides is 1. The van der Waals surface area contributed by atoms with Gasteiger partial charge in [-0.15, -0.1) is 21.5 Å². The Labute approximate surface area is 187 Å². The van der Waals surface area contributed by atoms with Crippen molar-refractivity contribution < 1.29 is 4.79 Å². The lowest BCUT2D eigenvalue weighted by atomic mass is 10.1. The van der Waals surface area contributed by atoms with Crippen LogP contribution in [0.4, 0.5) is 5.13 Å². The van der Waals surface area contributed by atoms with E-state index in [2.05, 4.69) is 44.1 Å². The lowest BCUT2D eigenvalue weighted by Crippen LogP contribution is -2.05. The Hall–Kier alpha value is -2.68. The van der Waals surface area contributed by atoms with Gasteiger partial charge in [-0.05, 0) is 42.8 Å². The molecule has 2 aromatic carbocycles. The van der Waals surface area contributed by atoms with Crippen LogP contribution in [0.15, 0.2) is 59.1 Å². The third-order valence-electron chi connectivity index (χ3n) is 4.28. The van der Waals surface area contributed by atoms with Crippen molar-refractivity contribution in [3.05, 3.63) is 70.2 Å². The van der Waals surface area contributed by atoms with E-state index in [-0.39, 0.29) is 5.91 Å². The molecule has 0 aliphatic rings. The quantitative estimate of drug-likeness (QED) is 0.383. The number of rotatable bonds is 6. The predicted octanol–water partition coefficient (Wildman–Crippen LogP) is 5.60. The van der Waals surface area contributed by atoms with Crippen molar-refractivity contribution >= 4 is 45.7 Å². The van der Waals surface area contributed by atoms with Crippen molar-refractivity contribution in [2.75, 3.05) is 5.32 Å². The van der Waals surface area contributed by atoms with E-state index in [1.165, 1.54) is 18.3 Å². The summed E-state index contributed by atoms with van der Waals surface area (Å²) in [7, 11) is 0. The van der Waals surface area contributed by atoms with Crippen LogP contribution in [0.2, 0.25) is 5.02 Å². The Morgan fingerprint density at radius 2 is 1.93 bits per heavy atom. The summed E-state index contributed by atoms with van der Waals surface area (Å²) < 4.78 is 2.06. The maximum absolute atomic E-state index is 11.2. The van der Waals surface area contributed by atoms with Crippen LogP contribution in [0.5, 0.6) is 0 Å². The van der Waals surface area contributed by atoms with Gasteiger partial charge in [0, 0.05) is 28.6 Å². The normalized spacial score (nSPS) is 10.9. The molecule has 4 rings (SSSR count). The van der Waals surface area contributed by atoms with Crippen LogP contribution in [0.3, 0.4) is 0 Å². The third kappa shape index (κ3) is 4.56. The number of hydrogen-bond donors (Lipinski definition) is 1. The highest BCUT2D eigenvalue weighted by molar-refractivity contribution is 7.98. The molecule has 6 nitrogen and oxygen atoms in total. The van der Waals surface area contributed by atoms with Gasteiger partial charge in [-0.1, -0.05) is 41.6 Å². The zero-order valence-corrected chi connectivity index (χ0v) is 18.7. The fourth-order valence-corrected chi connectivity index (χ4v) is 4.73. The summed E-state index contributed by atoms with van der Waals surface area (Å²) in [5, 5.41) is 15.6. The minimum Gasteiger partial charge on any atom is -0.302 e. The van der Waals surface area contributed by atoms with Gasteiger partial charge in [-0.25, -0.2) is 4.98 Å². The summed E-state index contributed by atoms with van der Waals surface area (Å²) in [5.74, 6) is 1.23. The molecule has 30 heavy (non-hydrogen) atoms. The molecular formula is C21H18ClN5OS2. The third-order valence-corrected chi connectivity index (χ3v) is 6.30. The molecule has 152 valence electrons. The second-order valence-corrected chi connectivity index (χ2v) is 8.79. The first-order valence-corrected chi connectivity index (χ1v) is 11.4. The lowest BCUT2D eigenvalue weighted by molar-refractivity contribution is -0.114. The summed E-state index contributed by atoms with van der Waals surface area (Å²) in [6, 6.07) is 15.7. The zero-order chi connectivity index (χ0) is 21.1. The topological polar surface area (TPSA) is 72.7 Å². The van der Waals surface area contributed by atoms with E-state index < -0.39 is 0 Å². The van der Waals surface area contributed by atoms with Gasteiger partial charge < -0.3 is 5.32 Å². The molecule has 0 aliphatic heterocycles. The van der Waals surface area contributed by atoms with Crippen LogP contribution in [0.1, 0.15) is 18.2 Å². The maximum atomic E-state index is 11.2. The molecule has 0 saturated heterocycles. The molecule has 0 spiro atoms. The molecular weight excluding hydrogens is 438 g/mol. The van der Waals surface area contributed by atoms with Gasteiger partial charge in [0.15, 0.2) is 16.1 Å². The predicted molar refractivity (Wildman–Crippen MR) is 123 cm³/mol. The number of carbonyl (C=O) groups excluding carboxylic acids is 1. The summed E-state index contributed by atoms with van der Waals surface area (Å²) in [4.78, 5) is 15.7. The number of para-hydroxylation sites is 1. The van der Waals surface area contributed by atoms with Crippen molar-refractivity contribution in [3.8, 4) is 17.1 Å². The molecule has 0 aliphatic carbocycles. The number of aromatic nitrogens is 4. The summed E-state index contributed by atoms with van der Waals surface area (Å²) in [5.41, 5.74) is 3.95. The Morgan fingerprint density at radius 1 is 1.17 bits per heavy atom. The van der Waals surface area contributed by atoms with Gasteiger partial charge in [0.05, 0.1) is 11.4 Å². The molecule has 0 saturated carbocycles. The van der Waals surface area contributed by atoms with Crippen LogP contribution in [-0.2, 0) is 10.5 Å². The van der Waals surface area contributed by atoms with E-state index in [1.807, 2.05) is 41.8 Å². The number of nitrogens with zero attached hydrogens (tertiary/aromatic N) is 4. The van der Waals surface area contributed by atoms with Crippen molar-refractivity contribution in [3.63, 3.8) is 0 Å². The first kappa shape index (κ1) is 20.6. The van der Waals surface area contributed by atoms with E-state index in [1.54, 1.807) is 11.8 Å². The SMILES string of the molecule is CC(=O)Nc1nc(CSc2nnc(-c3ccc(Cl)cc3)n2-c2ccccc2C)cs1. The van der Waals surface area contributed by atoms with Crippen molar-refractivity contribution in [2.45, 2.75) is 24.8 Å². The molecule has 0 unspecified atom stereocenters. The largest absolute Gasteiger partial charge is 0.302 e. The first-order chi connectivity index (χ1) is 14.5. The number of hydrogen-bond acceptors (Lipinski definition) is 6. The van der Waals surface area contributed by atoms with E-state index in [0.29, 0.717) is 15.9 Å². The average molecular weight is 456 g/mol. The Bertz CT molecular complexity index is 1190. The zero-order valence-electron chi connectivity index (χ0n) is 16.3. The molecule has 0 atom stereocenters. The van der Waals surface area contributed by atoms with Crippen LogP contribution in [0, 0.1) is 6.92 Å². The standard InChI is InChI=1S/C21H18ClN5OS2/c1-13-5-3-4-6-18(13)27-19(15-7-9-16(22)10-8-15)25-26-21(27)30-12-17-11-29-20(24-17)23-14(2)28/h3-11H,12H2,1-2H3,(H,23,24,28). The number of carbonyl (C=O) groups is 1. The fourth-order valence-electron chi connectivity index (χ4n) is 2.90. The number of halogens is 1. The smallest absolute Gasteiger partial charge is 0.223 e. The van der Waals surface area contributed by atoms with E-state index in [4.69, 9.17) is 11.6 Å². The number of benzene rings is 2. The minimum absolute atomic E-state index is 0.129. The molecule has 1 N–H and O–H groups in total. The van der Waals surface area contributed by atoms with Gasteiger partial charge in [0.1, 0.15) is 0 Å². The van der Waals surface area contributed by atoms with Crippen molar-refractivity contribution in [2.24, 2.45) is 0 Å². The number of anilines is 1. The number of thiazole rings is 1. The van der Waals surface area contributed by atoms with Gasteiger partial charge in [-0.3, -0.25) is 9.36 Å². The molecule has 2 heterocycles. The monoisotopic (exact) mass is 455 g/mol. The highest BCUT2D eigenvalue weighted by Gasteiger charge is 2.18. The van der Waals surface area contributed by atoms with Gasteiger partial charge in [0.25, 0.3) is 0 Å². The first-order valence-electron chi connectivity index (χ1n) is 9.13. The van der Waals surface area contributed by atoms with Gasteiger partial charge in [0.2, 0.25) is 5.91 Å². The summed E-state index contributed by atoms with van der Waals surface area (Å²) in [6.07, 6.45) is 0. The van der Waals surface area contributed by atoms with Crippen LogP contribution in [-0.4, -0.2) is 25.7 Å². The number of thioether (sulfide) groups is 1. The average Bonchev–Trinajstić information content (AvgIpc) is 3.34. The second kappa shape index (κ2) is 8.99. The van der Waals surface area contributed by atoms with Crippen molar-refractivity contribution in [1.82, 2.24) is 19.7 Å². The molecule has 0 fully saturated rings. The number of aryl methyl sites for hydroxylation is 1. The molecule has 4 aromatic rings. The highest BCUT2D eigenvalue weighted by Crippen LogP contribution is 2.32. The Balaban J connectivity index is 1.68. The van der Waals surface area contributed by atoms with Crippen molar-refractivity contribution in [1.29, 1.82) is 0 Å². The van der Waals surface area contributed by atoms with Crippen LogP contribution >= 0.6 is 34.7 Å². The molecule has 1 amide bonds. The molecule has 0 radical (unpaired) electrons. The van der Waals surface area contributed by atoms with Gasteiger partial charge >= 0.3 is 0 Å². The van der Waals surface area contributed by atoms with Crippen LogP contribution < -0.4 is 5.32 Å². The van der Waals surface area contributed by atoms with E-state index in [9.17, 15) is 4.79 Å². The van der Waals surface area contributed by atoms with Gasteiger partial charge in [-0.2, -0.15) is 0 Å². The Morgan fingerprint density at radius 3 is 2.67 bits per heavy atom. The molecule has 2 aromatic heterocycles. The fraction of sp³-hybridized carbons (Fsp3) is 0.143. The van der Waals surface area contributed by atoms with E-state index >= 15 is 0 Å². The molecule has 0 bridgehead atoms. The second-order valence-electron chi connectivity index (χ2n) is 6.55. The minimum atomic E-state index is -0.129. The highest BCUT2D eigenvalue weighted by atomic mass is 35.5. The maximum Gasteiger partial charge on any atom is 0.223 e. The lowest BCUT2D eigenvalue weighted by Gasteiger charge is -2.12. The van der Waals surface area contributed by atoms with E-state index in [0.717, 1.165) is 33.5 Å². The number of nitrogens with one attached hydrogen (secondary N) is 1. The summed E-state index contributed by atoms with van der Waals surface area (Å²) in [6.45, 7) is 3.54. The van der Waals surface area contributed by atoms with Crippen LogP contribution in [0.25, 0.3) is 17.1 Å².